The highest BCUT2D eigenvalue weighted by atomic mass is 16.6. The molecule has 0 saturated carbocycles. The summed E-state index contributed by atoms with van der Waals surface area (Å²) in [5.74, 6) is 1.20. The Morgan fingerprint density at radius 3 is 2.12 bits per heavy atom. The highest BCUT2D eigenvalue weighted by molar-refractivity contribution is 5.90. The van der Waals surface area contributed by atoms with Crippen LogP contribution in [0.15, 0.2) is 42.5 Å². The zero-order valence-electron chi connectivity index (χ0n) is 20.4. The molecule has 0 spiro atoms. The molecule has 0 aliphatic heterocycles. The van der Waals surface area contributed by atoms with Crippen LogP contribution in [0.2, 0.25) is 0 Å². The van der Waals surface area contributed by atoms with Crippen LogP contribution in [0, 0.1) is 6.92 Å². The van der Waals surface area contributed by atoms with Crippen LogP contribution in [0.5, 0.6) is 11.5 Å². The van der Waals surface area contributed by atoms with Crippen LogP contribution in [0.3, 0.4) is 0 Å². The molecule has 2 aromatic carbocycles. The molecule has 33 heavy (non-hydrogen) atoms. The normalized spacial score (nSPS) is 11.9. The summed E-state index contributed by atoms with van der Waals surface area (Å²) in [5, 5.41) is 2.25. The number of hydrogen-bond donors (Lipinski definition) is 1. The second-order valence-electron chi connectivity index (χ2n) is 8.39. The summed E-state index contributed by atoms with van der Waals surface area (Å²) in [6.07, 6.45) is 2.61. The molecule has 1 aliphatic rings. The molecule has 0 heterocycles. The maximum absolute atomic E-state index is 10.9. The first kappa shape index (κ1) is 25.8. The zero-order valence-corrected chi connectivity index (χ0v) is 20.4. The van der Waals surface area contributed by atoms with Crippen molar-refractivity contribution in [3.05, 3.63) is 64.7 Å². The average Bonchev–Trinajstić information content (AvgIpc) is 3.21. The van der Waals surface area contributed by atoms with E-state index in [1.54, 1.807) is 35.0 Å². The van der Waals surface area contributed by atoms with Gasteiger partial charge in [0, 0.05) is 0 Å². The highest BCUT2D eigenvalue weighted by Crippen LogP contribution is 2.42. The number of methoxy groups -OCH3 is 3. The second-order valence-corrected chi connectivity index (χ2v) is 8.39. The van der Waals surface area contributed by atoms with Crippen molar-refractivity contribution < 1.29 is 28.5 Å². The fourth-order valence-corrected chi connectivity index (χ4v) is 3.42. The fraction of sp³-hybridized carbons (Fsp3) is 0.385. The van der Waals surface area contributed by atoms with E-state index in [-0.39, 0.29) is 6.54 Å². The molecule has 178 valence electrons. The predicted molar refractivity (Wildman–Crippen MR) is 128 cm³/mol. The van der Waals surface area contributed by atoms with Crippen LogP contribution >= 0.6 is 0 Å². The summed E-state index contributed by atoms with van der Waals surface area (Å²) in [7, 11) is 4.65. The molecular formula is C26H33NO6. The van der Waals surface area contributed by atoms with Crippen molar-refractivity contribution in [3.63, 3.8) is 0 Å². The van der Waals surface area contributed by atoms with Crippen LogP contribution < -0.4 is 14.8 Å². The Hall–Kier alpha value is -3.48. The minimum Gasteiger partial charge on any atom is -0.496 e. The Morgan fingerprint density at radius 2 is 1.58 bits per heavy atom. The highest BCUT2D eigenvalue weighted by Gasteiger charge is 2.22. The molecule has 0 aromatic heterocycles. The van der Waals surface area contributed by atoms with E-state index in [1.807, 2.05) is 18.2 Å². The Kier molecular flexibility index (Phi) is 8.91. The molecule has 0 atom stereocenters. The van der Waals surface area contributed by atoms with Crippen molar-refractivity contribution in [3.8, 4) is 11.5 Å². The molecule has 3 rings (SSSR count). The Bertz CT molecular complexity index is 998. The molecule has 7 heteroatoms. The van der Waals surface area contributed by atoms with Gasteiger partial charge in [-0.3, -0.25) is 4.79 Å². The monoisotopic (exact) mass is 455 g/mol. The fourth-order valence-electron chi connectivity index (χ4n) is 3.42. The molecule has 0 bridgehead atoms. The Balaban J connectivity index is 0.000000260. The number of amides is 1. The van der Waals surface area contributed by atoms with E-state index < -0.39 is 17.7 Å². The number of hydrogen-bond acceptors (Lipinski definition) is 6. The molecule has 2 aromatic rings. The molecule has 0 unspecified atom stereocenters. The number of allylic oxidation sites excluding steroid dienone is 1. The SMILES string of the molecule is COC(=O)CNC(=O)OC(C)(C)C.COc1cccc(OC)c1C1=CCc2c(C)cccc21. The van der Waals surface area contributed by atoms with E-state index in [1.165, 1.54) is 29.4 Å². The molecule has 1 N–H and O–H groups in total. The first-order valence-electron chi connectivity index (χ1n) is 10.6. The van der Waals surface area contributed by atoms with Gasteiger partial charge in [-0.05, 0) is 68.5 Å². The van der Waals surface area contributed by atoms with E-state index in [4.69, 9.17) is 14.2 Å². The predicted octanol–water partition coefficient (Wildman–Crippen LogP) is 4.68. The van der Waals surface area contributed by atoms with Crippen molar-refractivity contribution in [1.82, 2.24) is 5.32 Å². The van der Waals surface area contributed by atoms with Crippen LogP contribution in [-0.4, -0.2) is 45.5 Å². The van der Waals surface area contributed by atoms with Gasteiger partial charge in [0.1, 0.15) is 23.6 Å². The lowest BCUT2D eigenvalue weighted by Crippen LogP contribution is -2.35. The lowest BCUT2D eigenvalue weighted by Gasteiger charge is -2.19. The number of benzene rings is 2. The number of esters is 1. The lowest BCUT2D eigenvalue weighted by atomic mass is 9.95. The number of aryl methyl sites for hydroxylation is 1. The molecule has 0 radical (unpaired) electrons. The van der Waals surface area contributed by atoms with Crippen molar-refractivity contribution in [1.29, 1.82) is 0 Å². The average molecular weight is 456 g/mol. The third-order valence-electron chi connectivity index (χ3n) is 4.91. The molecule has 0 saturated heterocycles. The van der Waals surface area contributed by atoms with Crippen molar-refractivity contribution in [2.24, 2.45) is 0 Å². The van der Waals surface area contributed by atoms with E-state index in [0.29, 0.717) is 0 Å². The van der Waals surface area contributed by atoms with Gasteiger partial charge in [-0.25, -0.2) is 4.79 Å². The second kappa shape index (κ2) is 11.4. The smallest absolute Gasteiger partial charge is 0.408 e. The minimum atomic E-state index is -0.627. The molecule has 1 amide bonds. The first-order valence-corrected chi connectivity index (χ1v) is 10.6. The number of alkyl carbamates (subject to hydrolysis) is 1. The number of nitrogens with one attached hydrogen (secondary N) is 1. The summed E-state index contributed by atoms with van der Waals surface area (Å²) in [6, 6.07) is 12.4. The number of carbonyl (C=O) groups excluding carboxylic acids is 2. The number of fused-ring (bicyclic) bond motifs is 1. The Labute approximate surface area is 195 Å². The summed E-state index contributed by atoms with van der Waals surface area (Å²) in [4.78, 5) is 21.5. The van der Waals surface area contributed by atoms with Crippen molar-refractivity contribution >= 4 is 17.6 Å². The van der Waals surface area contributed by atoms with Crippen molar-refractivity contribution in [2.75, 3.05) is 27.9 Å². The third kappa shape index (κ3) is 7.00. The van der Waals surface area contributed by atoms with E-state index in [9.17, 15) is 9.59 Å². The zero-order chi connectivity index (χ0) is 24.6. The largest absolute Gasteiger partial charge is 0.496 e. The van der Waals surface area contributed by atoms with E-state index in [0.717, 1.165) is 23.5 Å². The third-order valence-corrected chi connectivity index (χ3v) is 4.91. The lowest BCUT2D eigenvalue weighted by molar-refractivity contribution is -0.139. The van der Waals surface area contributed by atoms with Gasteiger partial charge < -0.3 is 24.3 Å². The van der Waals surface area contributed by atoms with Crippen LogP contribution in [-0.2, 0) is 20.7 Å². The summed E-state index contributed by atoms with van der Waals surface area (Å²) in [6.45, 7) is 7.21. The topological polar surface area (TPSA) is 83.1 Å². The Morgan fingerprint density at radius 1 is 0.970 bits per heavy atom. The van der Waals surface area contributed by atoms with Crippen LogP contribution in [0.1, 0.15) is 43.0 Å². The van der Waals surface area contributed by atoms with Gasteiger partial charge in [0.15, 0.2) is 0 Å². The van der Waals surface area contributed by atoms with Gasteiger partial charge in [-0.1, -0.05) is 30.3 Å². The van der Waals surface area contributed by atoms with E-state index in [2.05, 4.69) is 41.3 Å². The summed E-state index contributed by atoms with van der Waals surface area (Å²) < 4.78 is 20.2. The molecule has 7 nitrogen and oxygen atoms in total. The van der Waals surface area contributed by atoms with Crippen LogP contribution in [0.25, 0.3) is 5.57 Å². The summed E-state index contributed by atoms with van der Waals surface area (Å²) >= 11 is 0. The molecule has 1 aliphatic carbocycles. The van der Waals surface area contributed by atoms with Crippen LogP contribution in [0.4, 0.5) is 4.79 Å². The molecular weight excluding hydrogens is 422 g/mol. The van der Waals surface area contributed by atoms with Gasteiger partial charge in [0.25, 0.3) is 0 Å². The number of ether oxygens (including phenoxy) is 4. The maximum Gasteiger partial charge on any atom is 0.408 e. The first-order chi connectivity index (χ1) is 15.6. The van der Waals surface area contributed by atoms with Gasteiger partial charge >= 0.3 is 12.1 Å². The van der Waals surface area contributed by atoms with Crippen molar-refractivity contribution in [2.45, 2.75) is 39.7 Å². The maximum atomic E-state index is 10.9. The van der Waals surface area contributed by atoms with E-state index >= 15 is 0 Å². The number of carbonyl (C=O) groups is 2. The van der Waals surface area contributed by atoms with Gasteiger partial charge in [0.2, 0.25) is 0 Å². The minimum absolute atomic E-state index is 0.175. The van der Waals surface area contributed by atoms with Gasteiger partial charge in [-0.15, -0.1) is 0 Å². The van der Waals surface area contributed by atoms with Gasteiger partial charge in [-0.2, -0.15) is 0 Å². The van der Waals surface area contributed by atoms with Gasteiger partial charge in [0.05, 0.1) is 26.9 Å². The standard InChI is InChI=1S/C18H18O2.C8H15NO4/c1-12-6-4-7-14-13(12)10-11-15(14)18-16(19-2)8-5-9-17(18)20-3;1-8(2,3)13-7(11)9-5-6(10)12-4/h4-9,11H,10H2,1-3H3;5H2,1-4H3,(H,9,11). The molecule has 0 fully saturated rings. The quantitative estimate of drug-likeness (QED) is 0.659. The number of rotatable bonds is 5. The summed E-state index contributed by atoms with van der Waals surface area (Å²) in [5.41, 5.74) is 5.71.